The molecule has 204 valence electrons. The maximum atomic E-state index is 14.1. The molecule has 2 fully saturated rings. The Balaban J connectivity index is 1.47. The fourth-order valence-electron chi connectivity index (χ4n) is 5.93. The molecule has 1 saturated heterocycles. The number of hydrogen-bond acceptors (Lipinski definition) is 7. The average Bonchev–Trinajstić information content (AvgIpc) is 3.55. The van der Waals surface area contributed by atoms with Gasteiger partial charge in [0.25, 0.3) is 0 Å². The molecule has 1 spiro atoms. The van der Waals surface area contributed by atoms with E-state index < -0.39 is 5.60 Å². The van der Waals surface area contributed by atoms with Crippen LogP contribution in [0, 0.1) is 0 Å². The van der Waals surface area contributed by atoms with Crippen molar-refractivity contribution in [2.24, 2.45) is 0 Å². The van der Waals surface area contributed by atoms with Gasteiger partial charge < -0.3 is 23.7 Å². The van der Waals surface area contributed by atoms with Gasteiger partial charge in [-0.2, -0.15) is 0 Å². The molecule has 7 nitrogen and oxygen atoms in total. The fraction of sp³-hybridized carbons (Fsp3) is 0.375. The lowest BCUT2D eigenvalue weighted by Crippen LogP contribution is -2.38. The second-order valence-electron chi connectivity index (χ2n) is 9.98. The molecule has 5 rings (SSSR count). The Labute approximate surface area is 229 Å². The molecule has 39 heavy (non-hydrogen) atoms. The number of Topliss-reactive ketones (excluding diaryl/α,β-unsaturated/α-hetero) is 1. The summed E-state index contributed by atoms with van der Waals surface area (Å²) in [5.41, 5.74) is 3.00. The Kier molecular flexibility index (Phi) is 7.89. The Morgan fingerprint density at radius 2 is 1.59 bits per heavy atom. The summed E-state index contributed by atoms with van der Waals surface area (Å²) < 4.78 is 28.8. The van der Waals surface area contributed by atoms with Gasteiger partial charge in [0.05, 0.1) is 34.5 Å². The van der Waals surface area contributed by atoms with Crippen LogP contribution in [0.4, 0.5) is 0 Å². The van der Waals surface area contributed by atoms with Crippen LogP contribution in [0.25, 0.3) is 0 Å². The Hall–Kier alpha value is -3.84. The quantitative estimate of drug-likeness (QED) is 0.314. The van der Waals surface area contributed by atoms with Crippen LogP contribution in [-0.4, -0.2) is 44.8 Å². The van der Waals surface area contributed by atoms with Crippen molar-refractivity contribution >= 4 is 5.78 Å². The molecule has 1 saturated carbocycles. The third-order valence-electron chi connectivity index (χ3n) is 7.93. The van der Waals surface area contributed by atoms with E-state index >= 15 is 0 Å². The van der Waals surface area contributed by atoms with Crippen LogP contribution >= 0.6 is 0 Å². The SMILES string of the molecule is COc1ccc(C2CCC3(O2)C(=O)C(=CCCc2cccnc2)CC3c2ccc(OC)c(OC)c2)cc1OC. The molecule has 1 aliphatic heterocycles. The maximum Gasteiger partial charge on any atom is 0.190 e. The van der Waals surface area contributed by atoms with E-state index in [0.29, 0.717) is 35.8 Å². The maximum absolute atomic E-state index is 14.1. The zero-order valence-corrected chi connectivity index (χ0v) is 22.9. The smallest absolute Gasteiger partial charge is 0.190 e. The van der Waals surface area contributed by atoms with Gasteiger partial charge in [-0.1, -0.05) is 24.3 Å². The molecule has 0 bridgehead atoms. The summed E-state index contributed by atoms with van der Waals surface area (Å²) in [6, 6.07) is 15.7. The highest BCUT2D eigenvalue weighted by Gasteiger charge is 2.58. The molecule has 0 N–H and O–H groups in total. The lowest BCUT2D eigenvalue weighted by Gasteiger charge is -2.30. The van der Waals surface area contributed by atoms with E-state index in [1.54, 1.807) is 34.6 Å². The summed E-state index contributed by atoms with van der Waals surface area (Å²) in [6.45, 7) is 0. The van der Waals surface area contributed by atoms with Crippen molar-refractivity contribution in [1.82, 2.24) is 4.98 Å². The zero-order valence-electron chi connectivity index (χ0n) is 22.9. The number of aryl methyl sites for hydroxylation is 1. The van der Waals surface area contributed by atoms with Crippen molar-refractivity contribution < 1.29 is 28.5 Å². The summed E-state index contributed by atoms with van der Waals surface area (Å²) in [4.78, 5) is 18.3. The lowest BCUT2D eigenvalue weighted by atomic mass is 9.82. The minimum Gasteiger partial charge on any atom is -0.493 e. The first kappa shape index (κ1) is 26.8. The van der Waals surface area contributed by atoms with E-state index in [-0.39, 0.29) is 17.8 Å². The summed E-state index contributed by atoms with van der Waals surface area (Å²) in [6.07, 6.45) is 9.06. The molecule has 2 aliphatic rings. The van der Waals surface area contributed by atoms with Crippen molar-refractivity contribution in [2.45, 2.75) is 49.7 Å². The van der Waals surface area contributed by atoms with Crippen LogP contribution < -0.4 is 18.9 Å². The Morgan fingerprint density at radius 1 is 0.923 bits per heavy atom. The molecule has 1 aromatic heterocycles. The first-order valence-electron chi connectivity index (χ1n) is 13.3. The number of rotatable bonds is 9. The van der Waals surface area contributed by atoms with Crippen molar-refractivity contribution in [3.8, 4) is 23.0 Å². The number of ketones is 1. The third-order valence-corrected chi connectivity index (χ3v) is 7.93. The molecule has 3 aromatic rings. The number of benzene rings is 2. The highest BCUT2D eigenvalue weighted by atomic mass is 16.5. The topological polar surface area (TPSA) is 76.1 Å². The second-order valence-corrected chi connectivity index (χ2v) is 9.98. The predicted molar refractivity (Wildman–Crippen MR) is 148 cm³/mol. The number of pyridine rings is 1. The number of allylic oxidation sites excluding steroid dienone is 1. The van der Waals surface area contributed by atoms with Gasteiger partial charge in [0.15, 0.2) is 28.8 Å². The number of methoxy groups -OCH3 is 4. The second kappa shape index (κ2) is 11.5. The van der Waals surface area contributed by atoms with Crippen molar-refractivity contribution in [1.29, 1.82) is 0 Å². The van der Waals surface area contributed by atoms with Gasteiger partial charge in [-0.15, -0.1) is 0 Å². The van der Waals surface area contributed by atoms with Crippen LogP contribution in [0.5, 0.6) is 23.0 Å². The molecule has 0 radical (unpaired) electrons. The van der Waals surface area contributed by atoms with Crippen LogP contribution in [0.15, 0.2) is 72.6 Å². The van der Waals surface area contributed by atoms with Gasteiger partial charge in [-0.25, -0.2) is 0 Å². The minimum absolute atomic E-state index is 0.0800. The summed E-state index contributed by atoms with van der Waals surface area (Å²) in [7, 11) is 6.48. The van der Waals surface area contributed by atoms with E-state index in [1.165, 1.54) is 0 Å². The summed E-state index contributed by atoms with van der Waals surface area (Å²) in [5.74, 6) is 2.54. The average molecular weight is 530 g/mol. The third kappa shape index (κ3) is 5.11. The Bertz CT molecular complexity index is 1350. The number of ether oxygens (including phenoxy) is 5. The fourth-order valence-corrected chi connectivity index (χ4v) is 5.93. The molecule has 3 atom stereocenters. The predicted octanol–water partition coefficient (Wildman–Crippen LogP) is 6.02. The van der Waals surface area contributed by atoms with Gasteiger partial charge in [-0.05, 0) is 84.7 Å². The van der Waals surface area contributed by atoms with Gasteiger partial charge in [0.2, 0.25) is 0 Å². The number of carbonyl (C=O) groups is 1. The van der Waals surface area contributed by atoms with Crippen LogP contribution in [0.3, 0.4) is 0 Å². The standard InChI is InChI=1S/C32H35NO6/c1-35-27-12-10-22(18-29(27)37-3)25-17-24(9-5-7-21-8-6-16-33-20-21)31(34)32(25)15-14-26(39-32)23-11-13-28(36-2)30(19-23)38-4/h6,8-13,16,18-20,25-26H,5,7,14-15,17H2,1-4H3. The largest absolute Gasteiger partial charge is 0.493 e. The lowest BCUT2D eigenvalue weighted by molar-refractivity contribution is -0.138. The molecule has 7 heteroatoms. The van der Waals surface area contributed by atoms with E-state index in [2.05, 4.69) is 17.1 Å². The highest BCUT2D eigenvalue weighted by molar-refractivity contribution is 6.06. The van der Waals surface area contributed by atoms with Crippen molar-refractivity contribution in [3.05, 3.63) is 89.3 Å². The van der Waals surface area contributed by atoms with Crippen LogP contribution in [0.2, 0.25) is 0 Å². The number of nitrogens with zero attached hydrogens (tertiary/aromatic N) is 1. The van der Waals surface area contributed by atoms with E-state index in [4.69, 9.17) is 23.7 Å². The summed E-state index contributed by atoms with van der Waals surface area (Å²) >= 11 is 0. The van der Waals surface area contributed by atoms with E-state index in [9.17, 15) is 4.79 Å². The molecule has 2 aromatic carbocycles. The normalized spacial score (nSPS) is 23.4. The van der Waals surface area contributed by atoms with E-state index in [0.717, 1.165) is 41.5 Å². The van der Waals surface area contributed by atoms with Gasteiger partial charge >= 0.3 is 0 Å². The van der Waals surface area contributed by atoms with E-state index in [1.807, 2.05) is 48.7 Å². The first-order chi connectivity index (χ1) is 19.0. The van der Waals surface area contributed by atoms with Gasteiger partial charge in [-0.3, -0.25) is 9.78 Å². The van der Waals surface area contributed by atoms with Crippen molar-refractivity contribution in [2.75, 3.05) is 28.4 Å². The van der Waals surface area contributed by atoms with Crippen LogP contribution in [0.1, 0.15) is 54.4 Å². The van der Waals surface area contributed by atoms with Gasteiger partial charge in [0, 0.05) is 18.3 Å². The molecular formula is C32H35NO6. The monoisotopic (exact) mass is 529 g/mol. The number of hydrogen-bond donors (Lipinski definition) is 0. The first-order valence-corrected chi connectivity index (χ1v) is 13.3. The number of aromatic nitrogens is 1. The number of carbonyl (C=O) groups excluding carboxylic acids is 1. The minimum atomic E-state index is -0.947. The zero-order chi connectivity index (χ0) is 27.4. The summed E-state index contributed by atoms with van der Waals surface area (Å²) in [5, 5.41) is 0. The molecule has 3 unspecified atom stereocenters. The van der Waals surface area contributed by atoms with Gasteiger partial charge in [0.1, 0.15) is 5.60 Å². The molecule has 1 aliphatic carbocycles. The molecule has 0 amide bonds. The Morgan fingerprint density at radius 3 is 2.23 bits per heavy atom. The molecular weight excluding hydrogens is 494 g/mol. The van der Waals surface area contributed by atoms with Crippen molar-refractivity contribution in [3.63, 3.8) is 0 Å². The molecule has 2 heterocycles. The highest BCUT2D eigenvalue weighted by Crippen LogP contribution is 2.56. The van der Waals surface area contributed by atoms with Crippen LogP contribution in [-0.2, 0) is 16.0 Å².